The number of likely N-dealkylation sites (tertiary alicyclic amines) is 1. The van der Waals surface area contributed by atoms with E-state index >= 15 is 0 Å². The molecular weight excluding hydrogens is 544 g/mol. The van der Waals surface area contributed by atoms with E-state index in [-0.39, 0.29) is 41.6 Å². The number of hydrogen-bond acceptors (Lipinski definition) is 7. The molecule has 0 bridgehead atoms. The van der Waals surface area contributed by atoms with E-state index in [0.29, 0.717) is 35.3 Å². The van der Waals surface area contributed by atoms with Crippen LogP contribution in [0.1, 0.15) is 43.4 Å². The number of halogens is 4. The number of alkyl halides is 4. The molecule has 1 N–H and O–H groups in total. The molecule has 3 aromatic heterocycles. The van der Waals surface area contributed by atoms with Gasteiger partial charge in [0, 0.05) is 31.1 Å². The fourth-order valence-electron chi connectivity index (χ4n) is 4.61. The van der Waals surface area contributed by atoms with E-state index in [0.717, 1.165) is 4.57 Å². The van der Waals surface area contributed by atoms with Crippen LogP contribution in [0.2, 0.25) is 0 Å². The average molecular weight is 575 g/mol. The summed E-state index contributed by atoms with van der Waals surface area (Å²) in [4.78, 5) is 23.2. The van der Waals surface area contributed by atoms with Gasteiger partial charge in [0.25, 0.3) is 5.91 Å². The molecule has 1 amide bonds. The Balaban J connectivity index is 1.43. The van der Waals surface area contributed by atoms with Crippen LogP contribution in [0.15, 0.2) is 46.2 Å². The number of aliphatic imine (C=N–C) groups is 1. The molecule has 41 heavy (non-hydrogen) atoms. The maximum absolute atomic E-state index is 14.7. The number of hydrogen-bond donors (Lipinski definition) is 1. The van der Waals surface area contributed by atoms with Crippen LogP contribution in [0.4, 0.5) is 23.2 Å². The van der Waals surface area contributed by atoms with Gasteiger partial charge >= 0.3 is 6.18 Å². The van der Waals surface area contributed by atoms with Gasteiger partial charge in [-0.05, 0) is 46.0 Å². The molecule has 4 heterocycles. The Kier molecular flexibility index (Phi) is 7.45. The monoisotopic (exact) mass is 574 g/mol. The maximum atomic E-state index is 14.7. The Morgan fingerprint density at radius 2 is 2.02 bits per heavy atom. The Morgan fingerprint density at radius 3 is 2.71 bits per heavy atom. The minimum atomic E-state index is -4.54. The Bertz CT molecular complexity index is 1590. The van der Waals surface area contributed by atoms with Gasteiger partial charge in [-0.25, -0.2) is 4.39 Å². The van der Waals surface area contributed by atoms with Gasteiger partial charge in [-0.1, -0.05) is 11.2 Å². The average Bonchev–Trinajstić information content (AvgIpc) is 3.63. The third-order valence-corrected chi connectivity index (χ3v) is 6.74. The molecule has 0 aliphatic carbocycles. The lowest BCUT2D eigenvalue weighted by Crippen LogP contribution is -2.39. The SMILES string of the molecule is CN1CCC(=Nc2cccc3c2cc(-c2noc(CNC(=O)c4cnn(C(C)(C)C)c4)n2)n3CC(F)(F)F)[C@@H](F)C1. The van der Waals surface area contributed by atoms with E-state index in [4.69, 9.17) is 4.52 Å². The molecule has 1 aliphatic heterocycles. The van der Waals surface area contributed by atoms with Crippen molar-refractivity contribution < 1.29 is 26.9 Å². The van der Waals surface area contributed by atoms with E-state index in [1.165, 1.54) is 18.3 Å². The predicted molar refractivity (Wildman–Crippen MR) is 144 cm³/mol. The maximum Gasteiger partial charge on any atom is 0.406 e. The quantitative estimate of drug-likeness (QED) is 0.329. The molecule has 14 heteroatoms. The van der Waals surface area contributed by atoms with Gasteiger partial charge in [-0.15, -0.1) is 0 Å². The van der Waals surface area contributed by atoms with Crippen LogP contribution in [-0.2, 0) is 18.6 Å². The lowest BCUT2D eigenvalue weighted by molar-refractivity contribution is -0.139. The molecule has 1 saturated heterocycles. The summed E-state index contributed by atoms with van der Waals surface area (Å²) in [6, 6.07) is 6.26. The second-order valence-electron chi connectivity index (χ2n) is 11.1. The second-order valence-corrected chi connectivity index (χ2v) is 11.1. The van der Waals surface area contributed by atoms with Gasteiger partial charge in [-0.3, -0.25) is 14.5 Å². The Morgan fingerprint density at radius 1 is 1.24 bits per heavy atom. The molecule has 1 aliphatic rings. The highest BCUT2D eigenvalue weighted by atomic mass is 19.4. The van der Waals surface area contributed by atoms with E-state index in [9.17, 15) is 22.4 Å². The summed E-state index contributed by atoms with van der Waals surface area (Å²) < 4.78 is 63.5. The van der Waals surface area contributed by atoms with Gasteiger partial charge < -0.3 is 19.3 Å². The van der Waals surface area contributed by atoms with Crippen LogP contribution in [0, 0.1) is 0 Å². The van der Waals surface area contributed by atoms with Gasteiger partial charge in [0.05, 0.1) is 46.5 Å². The van der Waals surface area contributed by atoms with E-state index in [1.807, 2.05) is 32.7 Å². The molecule has 1 aromatic carbocycles. The lowest BCUT2D eigenvalue weighted by atomic mass is 10.1. The summed E-state index contributed by atoms with van der Waals surface area (Å²) in [5.74, 6) is -0.501. The predicted octanol–water partition coefficient (Wildman–Crippen LogP) is 4.88. The van der Waals surface area contributed by atoms with Crippen molar-refractivity contribution in [3.63, 3.8) is 0 Å². The van der Waals surface area contributed by atoms with E-state index in [1.54, 1.807) is 23.0 Å². The lowest BCUT2D eigenvalue weighted by Gasteiger charge is -2.26. The Labute approximate surface area is 233 Å². The third-order valence-electron chi connectivity index (χ3n) is 6.74. The number of rotatable bonds is 6. The van der Waals surface area contributed by atoms with Gasteiger partial charge in [0.1, 0.15) is 6.54 Å². The van der Waals surface area contributed by atoms with Crippen molar-refractivity contribution in [2.45, 2.75) is 58.2 Å². The molecule has 0 radical (unpaired) electrons. The largest absolute Gasteiger partial charge is 0.406 e. The Hall–Kier alpha value is -4.07. The normalized spacial score (nSPS) is 18.0. The topological polar surface area (TPSA) is 106 Å². The zero-order valence-electron chi connectivity index (χ0n) is 23.0. The smallest absolute Gasteiger partial charge is 0.343 e. The summed E-state index contributed by atoms with van der Waals surface area (Å²) in [7, 11) is 1.82. The molecule has 5 rings (SSSR count). The van der Waals surface area contributed by atoms with Crippen LogP contribution < -0.4 is 5.32 Å². The molecule has 0 saturated carbocycles. The number of carbonyl (C=O) groups is 1. The summed E-state index contributed by atoms with van der Waals surface area (Å²) in [5, 5.41) is 11.1. The van der Waals surface area contributed by atoms with Gasteiger partial charge in [-0.2, -0.15) is 23.3 Å². The van der Waals surface area contributed by atoms with E-state index in [2.05, 4.69) is 25.5 Å². The van der Waals surface area contributed by atoms with Crippen LogP contribution in [-0.4, -0.2) is 73.5 Å². The minimum Gasteiger partial charge on any atom is -0.343 e. The van der Waals surface area contributed by atoms with Crippen LogP contribution in [0.25, 0.3) is 22.4 Å². The summed E-state index contributed by atoms with van der Waals surface area (Å²) in [6.45, 7) is 5.23. The van der Waals surface area contributed by atoms with Crippen LogP contribution in [0.5, 0.6) is 0 Å². The highest BCUT2D eigenvalue weighted by Crippen LogP contribution is 2.35. The molecule has 1 fully saturated rings. The molecule has 0 spiro atoms. The minimum absolute atomic E-state index is 0.00689. The van der Waals surface area contributed by atoms with Crippen molar-refractivity contribution in [1.29, 1.82) is 0 Å². The molecule has 0 unspecified atom stereocenters. The number of benzene rings is 1. The highest BCUT2D eigenvalue weighted by Gasteiger charge is 2.31. The van der Waals surface area contributed by atoms with Crippen molar-refractivity contribution in [3.8, 4) is 11.5 Å². The summed E-state index contributed by atoms with van der Waals surface area (Å²) in [5.41, 5.74) is 1.04. The first-order valence-electron chi connectivity index (χ1n) is 13.0. The summed E-state index contributed by atoms with van der Waals surface area (Å²) in [6.07, 6.45) is -2.34. The standard InChI is InChI=1S/C27H30F4N8O2/c1-26(2,3)39-13-16(11-33-39)25(40)32-12-23-35-24(36-41-23)22-10-17-19(34-20-8-9-37(4)14-18(20)28)6-5-7-21(17)38(22)15-27(29,30)31/h5-7,10-11,13,18H,8-9,12,14-15H2,1-4H3,(H,32,40)/t18-/m0/s1. The number of nitrogens with one attached hydrogen (secondary N) is 1. The van der Waals surface area contributed by atoms with Gasteiger partial charge in [0.2, 0.25) is 11.7 Å². The summed E-state index contributed by atoms with van der Waals surface area (Å²) >= 11 is 0. The number of amides is 1. The molecule has 1 atom stereocenters. The number of fused-ring (bicyclic) bond motifs is 1. The van der Waals surface area contributed by atoms with Crippen molar-refractivity contribution in [2.24, 2.45) is 4.99 Å². The first kappa shape index (κ1) is 28.5. The molecular formula is C27H30F4N8O2. The third kappa shape index (κ3) is 6.32. The first-order chi connectivity index (χ1) is 19.3. The van der Waals surface area contributed by atoms with E-state index < -0.39 is 24.8 Å². The second kappa shape index (κ2) is 10.7. The zero-order valence-corrected chi connectivity index (χ0v) is 23.0. The molecule has 10 nitrogen and oxygen atoms in total. The fourth-order valence-corrected chi connectivity index (χ4v) is 4.61. The number of aromatic nitrogens is 5. The van der Waals surface area contributed by atoms with Crippen LogP contribution in [0.3, 0.4) is 0 Å². The molecule has 4 aromatic rings. The highest BCUT2D eigenvalue weighted by molar-refractivity contribution is 5.99. The van der Waals surface area contributed by atoms with Crippen molar-refractivity contribution in [2.75, 3.05) is 20.1 Å². The number of nitrogens with zero attached hydrogens (tertiary/aromatic N) is 7. The first-order valence-corrected chi connectivity index (χ1v) is 13.0. The van der Waals surface area contributed by atoms with Crippen LogP contribution >= 0.6 is 0 Å². The zero-order chi connectivity index (χ0) is 29.5. The fraction of sp³-hybridized carbons (Fsp3) is 0.444. The molecule has 218 valence electrons. The van der Waals surface area contributed by atoms with Gasteiger partial charge in [0.15, 0.2) is 6.17 Å². The van der Waals surface area contributed by atoms with Crippen molar-refractivity contribution in [1.82, 2.24) is 34.7 Å². The number of carbonyl (C=O) groups excluding carboxylic acids is 1. The number of piperidine rings is 1. The van der Waals surface area contributed by atoms with Crippen molar-refractivity contribution in [3.05, 3.63) is 48.1 Å². The van der Waals surface area contributed by atoms with Crippen molar-refractivity contribution >= 4 is 28.2 Å².